The fourth-order valence-corrected chi connectivity index (χ4v) is 3.82. The van der Waals surface area contributed by atoms with E-state index >= 15 is 0 Å². The highest BCUT2D eigenvalue weighted by Crippen LogP contribution is 2.32. The van der Waals surface area contributed by atoms with Crippen LogP contribution in [0.25, 0.3) is 0 Å². The summed E-state index contributed by atoms with van der Waals surface area (Å²) in [6, 6.07) is 4.05. The predicted octanol–water partition coefficient (Wildman–Crippen LogP) is 3.31. The molecule has 0 bridgehead atoms. The van der Waals surface area contributed by atoms with Crippen LogP contribution in [0.3, 0.4) is 0 Å². The molecule has 1 nitrogen and oxygen atoms in total. The van der Waals surface area contributed by atoms with Crippen molar-refractivity contribution in [1.82, 2.24) is 0 Å². The van der Waals surface area contributed by atoms with Gasteiger partial charge in [-0.2, -0.15) is 11.8 Å². The van der Waals surface area contributed by atoms with Crippen LogP contribution < -0.4 is 0 Å². The van der Waals surface area contributed by atoms with Gasteiger partial charge >= 0.3 is 0 Å². The van der Waals surface area contributed by atoms with Gasteiger partial charge in [0.15, 0.2) is 0 Å². The van der Waals surface area contributed by atoms with Crippen molar-refractivity contribution in [1.29, 1.82) is 0 Å². The molecule has 0 radical (unpaired) electrons. The van der Waals surface area contributed by atoms with Crippen molar-refractivity contribution in [3.05, 3.63) is 22.4 Å². The monoisotopic (exact) mass is 228 g/mol. The molecule has 1 N–H and O–H groups in total. The molecule has 78 valence electrons. The highest BCUT2D eigenvalue weighted by Gasteiger charge is 2.18. The summed E-state index contributed by atoms with van der Waals surface area (Å²) in [5.74, 6) is 3.30. The van der Waals surface area contributed by atoms with E-state index in [4.69, 9.17) is 0 Å². The van der Waals surface area contributed by atoms with Gasteiger partial charge in [-0.25, -0.2) is 0 Å². The summed E-state index contributed by atoms with van der Waals surface area (Å²) < 4.78 is 0. The quantitative estimate of drug-likeness (QED) is 0.856. The minimum absolute atomic E-state index is 0.219. The first-order valence-electron chi connectivity index (χ1n) is 5.15. The number of thiophene rings is 1. The molecule has 2 heterocycles. The van der Waals surface area contributed by atoms with E-state index in [0.29, 0.717) is 0 Å². The third-order valence-corrected chi connectivity index (χ3v) is 4.79. The molecule has 0 aliphatic carbocycles. The van der Waals surface area contributed by atoms with Gasteiger partial charge in [-0.3, -0.25) is 0 Å². The highest BCUT2D eigenvalue weighted by atomic mass is 32.2. The standard InChI is InChI=1S/C11H16OS2/c12-10(11-2-1-5-14-11)8-9-3-6-13-7-4-9/h1-2,5,9-10,12H,3-4,6-8H2. The number of hydrogen-bond donors (Lipinski definition) is 1. The van der Waals surface area contributed by atoms with Gasteiger partial charge in [-0.1, -0.05) is 6.07 Å². The van der Waals surface area contributed by atoms with Crippen LogP contribution in [-0.4, -0.2) is 16.6 Å². The van der Waals surface area contributed by atoms with Crippen LogP contribution in [0.15, 0.2) is 17.5 Å². The molecule has 1 fully saturated rings. The Hall–Kier alpha value is 0.01000. The van der Waals surface area contributed by atoms with Gasteiger partial charge in [0, 0.05) is 4.88 Å². The second-order valence-electron chi connectivity index (χ2n) is 3.82. The summed E-state index contributed by atoms with van der Waals surface area (Å²) in [6.07, 6.45) is 3.31. The first kappa shape index (κ1) is 10.5. The number of thioether (sulfide) groups is 1. The first-order chi connectivity index (χ1) is 6.86. The van der Waals surface area contributed by atoms with Crippen molar-refractivity contribution in [2.24, 2.45) is 5.92 Å². The van der Waals surface area contributed by atoms with Crippen molar-refractivity contribution >= 4 is 23.1 Å². The lowest BCUT2D eigenvalue weighted by atomic mass is 9.95. The average Bonchev–Trinajstić information content (AvgIpc) is 2.72. The van der Waals surface area contributed by atoms with Crippen LogP contribution in [0, 0.1) is 5.92 Å². The van der Waals surface area contributed by atoms with E-state index < -0.39 is 0 Å². The van der Waals surface area contributed by atoms with Crippen molar-refractivity contribution in [3.63, 3.8) is 0 Å². The zero-order valence-electron chi connectivity index (χ0n) is 8.19. The van der Waals surface area contributed by atoms with Crippen molar-refractivity contribution in [3.8, 4) is 0 Å². The van der Waals surface area contributed by atoms with E-state index in [1.165, 1.54) is 24.3 Å². The van der Waals surface area contributed by atoms with Crippen LogP contribution >= 0.6 is 23.1 Å². The molecular formula is C11H16OS2. The molecule has 1 aliphatic rings. The predicted molar refractivity (Wildman–Crippen MR) is 63.9 cm³/mol. The molecule has 0 aromatic carbocycles. The second-order valence-corrected chi connectivity index (χ2v) is 6.03. The minimum atomic E-state index is -0.219. The lowest BCUT2D eigenvalue weighted by Gasteiger charge is -2.23. The summed E-state index contributed by atoms with van der Waals surface area (Å²) >= 11 is 3.71. The van der Waals surface area contributed by atoms with Gasteiger partial charge in [-0.05, 0) is 48.1 Å². The summed E-state index contributed by atoms with van der Waals surface area (Å²) in [4.78, 5) is 1.13. The van der Waals surface area contributed by atoms with E-state index in [0.717, 1.165) is 17.2 Å². The van der Waals surface area contributed by atoms with E-state index in [1.54, 1.807) is 11.3 Å². The van der Waals surface area contributed by atoms with E-state index in [2.05, 4.69) is 0 Å². The van der Waals surface area contributed by atoms with Crippen LogP contribution in [0.4, 0.5) is 0 Å². The summed E-state index contributed by atoms with van der Waals surface area (Å²) in [5, 5.41) is 12.0. The van der Waals surface area contributed by atoms with Gasteiger partial charge in [0.1, 0.15) is 0 Å². The van der Waals surface area contributed by atoms with Gasteiger partial charge in [0.2, 0.25) is 0 Å². The molecule has 1 saturated heterocycles. The summed E-state index contributed by atoms with van der Waals surface area (Å²) in [5.41, 5.74) is 0. The zero-order valence-corrected chi connectivity index (χ0v) is 9.82. The van der Waals surface area contributed by atoms with Crippen LogP contribution in [-0.2, 0) is 0 Å². The van der Waals surface area contributed by atoms with Crippen LogP contribution in [0.2, 0.25) is 0 Å². The molecule has 0 amide bonds. The lowest BCUT2D eigenvalue weighted by molar-refractivity contribution is 0.144. The molecule has 14 heavy (non-hydrogen) atoms. The molecule has 1 aromatic rings. The molecule has 2 rings (SSSR count). The van der Waals surface area contributed by atoms with Crippen molar-refractivity contribution in [2.45, 2.75) is 25.4 Å². The minimum Gasteiger partial charge on any atom is -0.388 e. The van der Waals surface area contributed by atoms with Gasteiger partial charge < -0.3 is 5.11 Å². The largest absolute Gasteiger partial charge is 0.388 e. The SMILES string of the molecule is OC(CC1CCSCC1)c1cccs1. The average molecular weight is 228 g/mol. The zero-order chi connectivity index (χ0) is 9.80. The number of rotatable bonds is 3. The Labute approximate surface area is 93.5 Å². The lowest BCUT2D eigenvalue weighted by Crippen LogP contribution is -2.12. The molecule has 0 saturated carbocycles. The van der Waals surface area contributed by atoms with Gasteiger partial charge in [0.05, 0.1) is 6.10 Å². The Morgan fingerprint density at radius 2 is 2.21 bits per heavy atom. The van der Waals surface area contributed by atoms with Crippen LogP contribution in [0.5, 0.6) is 0 Å². The third-order valence-electron chi connectivity index (χ3n) is 2.77. The number of aliphatic hydroxyl groups is 1. The Bertz CT molecular complexity index is 252. The Morgan fingerprint density at radius 1 is 1.43 bits per heavy atom. The second kappa shape index (κ2) is 5.19. The Balaban J connectivity index is 1.84. The number of aliphatic hydroxyl groups excluding tert-OH is 1. The smallest absolute Gasteiger partial charge is 0.0884 e. The molecule has 1 aromatic heterocycles. The summed E-state index contributed by atoms with van der Waals surface area (Å²) in [6.45, 7) is 0. The van der Waals surface area contributed by atoms with E-state index in [1.807, 2.05) is 29.3 Å². The molecular weight excluding hydrogens is 212 g/mol. The molecule has 3 heteroatoms. The van der Waals surface area contributed by atoms with Gasteiger partial charge in [-0.15, -0.1) is 11.3 Å². The molecule has 1 atom stereocenters. The normalized spacial score (nSPS) is 20.9. The maximum atomic E-state index is 9.97. The third kappa shape index (κ3) is 2.75. The molecule has 1 aliphatic heterocycles. The fourth-order valence-electron chi connectivity index (χ4n) is 1.89. The maximum absolute atomic E-state index is 9.97. The summed E-state index contributed by atoms with van der Waals surface area (Å²) in [7, 11) is 0. The fraction of sp³-hybridized carbons (Fsp3) is 0.636. The van der Waals surface area contributed by atoms with Crippen molar-refractivity contribution in [2.75, 3.05) is 11.5 Å². The Kier molecular flexibility index (Phi) is 3.90. The topological polar surface area (TPSA) is 20.2 Å². The van der Waals surface area contributed by atoms with E-state index in [9.17, 15) is 5.11 Å². The maximum Gasteiger partial charge on any atom is 0.0884 e. The molecule has 0 spiro atoms. The van der Waals surface area contributed by atoms with Crippen molar-refractivity contribution < 1.29 is 5.11 Å². The highest BCUT2D eigenvalue weighted by molar-refractivity contribution is 7.99. The first-order valence-corrected chi connectivity index (χ1v) is 7.19. The van der Waals surface area contributed by atoms with E-state index in [-0.39, 0.29) is 6.10 Å². The molecule has 1 unspecified atom stereocenters. The van der Waals surface area contributed by atoms with Crippen LogP contribution in [0.1, 0.15) is 30.2 Å². The number of hydrogen-bond acceptors (Lipinski definition) is 3. The Morgan fingerprint density at radius 3 is 2.86 bits per heavy atom. The van der Waals surface area contributed by atoms with Gasteiger partial charge in [0.25, 0.3) is 0 Å².